The fourth-order valence-electron chi connectivity index (χ4n) is 4.98. The molecule has 4 rings (SSSR count). The van der Waals surface area contributed by atoms with Crippen LogP contribution in [0.1, 0.15) is 28.8 Å². The number of carboxylic acids is 1. The van der Waals surface area contributed by atoms with Gasteiger partial charge in [0.2, 0.25) is 10.0 Å². The minimum absolute atomic E-state index is 0.00383. The number of benzene rings is 2. The number of methoxy groups -OCH3 is 1. The summed E-state index contributed by atoms with van der Waals surface area (Å²) in [6, 6.07) is 7.80. The number of carbonyl (C=O) groups is 3. The molecule has 2 amide bonds. The summed E-state index contributed by atoms with van der Waals surface area (Å²) >= 11 is 0. The predicted octanol–water partition coefficient (Wildman–Crippen LogP) is 1.58. The molecular formula is C29H33N3O11S. The summed E-state index contributed by atoms with van der Waals surface area (Å²) in [6.07, 6.45) is -1.30. The maximum Gasteiger partial charge on any atom is 0.416 e. The average Bonchev–Trinajstić information content (AvgIpc) is 3.09. The second kappa shape index (κ2) is 13.5. The van der Waals surface area contributed by atoms with E-state index >= 15 is 0 Å². The zero-order chi connectivity index (χ0) is 32.2. The third-order valence-corrected chi connectivity index (χ3v) is 8.60. The van der Waals surface area contributed by atoms with Crippen molar-refractivity contribution >= 4 is 39.3 Å². The van der Waals surface area contributed by atoms with Crippen LogP contribution >= 0.6 is 0 Å². The van der Waals surface area contributed by atoms with Gasteiger partial charge in [0.1, 0.15) is 13.2 Å². The summed E-state index contributed by atoms with van der Waals surface area (Å²) in [4.78, 5) is 40.6. The molecule has 2 aliphatic heterocycles. The first-order valence-corrected chi connectivity index (χ1v) is 14.9. The zero-order valence-electron chi connectivity index (χ0n) is 24.0. The first-order valence-electron chi connectivity index (χ1n) is 13.5. The predicted molar refractivity (Wildman–Crippen MR) is 157 cm³/mol. The summed E-state index contributed by atoms with van der Waals surface area (Å²) in [5, 5.41) is 30.6. The van der Waals surface area contributed by atoms with Crippen LogP contribution in [0.15, 0.2) is 60.0 Å². The smallest absolute Gasteiger partial charge is 0.416 e. The number of aliphatic carboxylic acids is 1. The topological polar surface area (TPSA) is 192 Å². The van der Waals surface area contributed by atoms with Crippen molar-refractivity contribution in [3.05, 3.63) is 66.3 Å². The van der Waals surface area contributed by atoms with Gasteiger partial charge in [0.15, 0.2) is 17.7 Å². The van der Waals surface area contributed by atoms with Crippen molar-refractivity contribution in [3.63, 3.8) is 0 Å². The second-order valence-electron chi connectivity index (χ2n) is 9.92. The minimum Gasteiger partial charge on any atom is -0.493 e. The van der Waals surface area contributed by atoms with Gasteiger partial charge in [0.05, 0.1) is 41.8 Å². The van der Waals surface area contributed by atoms with Gasteiger partial charge in [0.25, 0.3) is 5.91 Å². The van der Waals surface area contributed by atoms with E-state index < -0.39 is 59.4 Å². The van der Waals surface area contributed by atoms with Gasteiger partial charge in [-0.25, -0.2) is 22.8 Å². The fraction of sp³-hybridized carbons (Fsp3) is 0.345. The van der Waals surface area contributed by atoms with Crippen molar-refractivity contribution < 1.29 is 52.3 Å². The molecule has 0 saturated heterocycles. The number of rotatable bonds is 11. The number of anilines is 1. The summed E-state index contributed by atoms with van der Waals surface area (Å²) in [6.45, 7) is 2.97. The van der Waals surface area contributed by atoms with E-state index in [0.29, 0.717) is 11.1 Å². The summed E-state index contributed by atoms with van der Waals surface area (Å²) in [5.74, 6) is -1.71. The lowest BCUT2D eigenvalue weighted by Gasteiger charge is -2.38. The molecular weight excluding hydrogens is 598 g/mol. The Bertz CT molecular complexity index is 1570. The van der Waals surface area contributed by atoms with Crippen molar-refractivity contribution in [2.45, 2.75) is 36.1 Å². The van der Waals surface area contributed by atoms with E-state index in [4.69, 9.17) is 19.3 Å². The largest absolute Gasteiger partial charge is 0.493 e. The molecule has 14 nitrogen and oxygen atoms in total. The molecule has 0 aliphatic carbocycles. The lowest BCUT2D eigenvalue weighted by atomic mass is 9.93. The van der Waals surface area contributed by atoms with Crippen LogP contribution in [0.25, 0.3) is 5.57 Å². The number of sulfonamides is 1. The molecule has 0 radical (unpaired) electrons. The van der Waals surface area contributed by atoms with E-state index in [2.05, 4.69) is 11.3 Å². The molecule has 15 heteroatoms. The van der Waals surface area contributed by atoms with Crippen molar-refractivity contribution in [1.82, 2.24) is 9.62 Å². The van der Waals surface area contributed by atoms with Gasteiger partial charge in [-0.15, -0.1) is 0 Å². The molecule has 0 saturated carbocycles. The van der Waals surface area contributed by atoms with Crippen molar-refractivity contribution in [1.29, 1.82) is 0 Å². The molecule has 4 N–H and O–H groups in total. The molecule has 1 unspecified atom stereocenters. The van der Waals surface area contributed by atoms with Crippen LogP contribution in [-0.2, 0) is 19.6 Å². The van der Waals surface area contributed by atoms with Gasteiger partial charge >= 0.3 is 12.1 Å². The number of nitrogens with zero attached hydrogens (tertiary/aromatic N) is 2. The minimum atomic E-state index is -3.65. The van der Waals surface area contributed by atoms with Gasteiger partial charge < -0.3 is 34.4 Å². The molecule has 44 heavy (non-hydrogen) atoms. The summed E-state index contributed by atoms with van der Waals surface area (Å²) in [7, 11) is -1.02. The Morgan fingerprint density at radius 1 is 1.20 bits per heavy atom. The molecule has 3 atom stereocenters. The Morgan fingerprint density at radius 3 is 2.52 bits per heavy atom. The highest BCUT2D eigenvalue weighted by molar-refractivity contribution is 7.89. The molecule has 0 fully saturated rings. The number of fused-ring (bicyclic) bond motifs is 2. The Balaban J connectivity index is 1.74. The SMILES string of the molecule is C=CCOC(=O)N1c2cc(OC[C@H](O)CC(=O)O)c(OC)cc2C(=O)N2CC=C(c3ccc(S(=O)(=O)NC)cc3)C[C@H]2C1O. The molecule has 236 valence electrons. The van der Waals surface area contributed by atoms with Gasteiger partial charge in [-0.05, 0) is 42.8 Å². The third-order valence-electron chi connectivity index (χ3n) is 7.17. The number of carbonyl (C=O) groups excluding carboxylic acids is 2. The standard InChI is InChI=1S/C29H33N3O11S/c1-4-11-42-29(38)32-22-15-25(43-16-19(33)13-26(34)35)24(41-3)14-21(22)27(36)31-10-9-18(12-23(31)28(32)37)17-5-7-20(8-6-17)44(39,40)30-2/h4-9,14-15,19,23,28,30,33,37H,1,10-13,16H2,2-3H3,(H,34,35)/t19-,23+,28?/m1/s1. The number of hydrogen-bond acceptors (Lipinski definition) is 10. The number of aliphatic hydroxyl groups excluding tert-OH is 2. The lowest BCUT2D eigenvalue weighted by Crippen LogP contribution is -2.54. The molecule has 2 aliphatic rings. The summed E-state index contributed by atoms with van der Waals surface area (Å²) in [5.41, 5.74) is 1.32. The maximum absolute atomic E-state index is 13.9. The van der Waals surface area contributed by atoms with Crippen molar-refractivity contribution in [3.8, 4) is 11.5 Å². The van der Waals surface area contributed by atoms with Gasteiger partial charge in [-0.3, -0.25) is 9.59 Å². The normalized spacial score (nSPS) is 18.7. The monoisotopic (exact) mass is 631 g/mol. The zero-order valence-corrected chi connectivity index (χ0v) is 24.8. The summed E-state index contributed by atoms with van der Waals surface area (Å²) < 4.78 is 42.8. The molecule has 2 heterocycles. The Kier molecular flexibility index (Phi) is 9.94. The Morgan fingerprint density at radius 2 is 1.91 bits per heavy atom. The van der Waals surface area contributed by atoms with Crippen LogP contribution in [0.4, 0.5) is 10.5 Å². The van der Waals surface area contributed by atoms with Gasteiger partial charge in [-0.1, -0.05) is 30.9 Å². The van der Waals surface area contributed by atoms with E-state index in [-0.39, 0.29) is 47.2 Å². The molecule has 0 aromatic heterocycles. The van der Waals surface area contributed by atoms with E-state index in [0.717, 1.165) is 4.90 Å². The van der Waals surface area contributed by atoms with Crippen LogP contribution in [0, 0.1) is 0 Å². The van der Waals surface area contributed by atoms with Crippen LogP contribution in [0.2, 0.25) is 0 Å². The number of nitrogens with one attached hydrogen (secondary N) is 1. The maximum atomic E-state index is 13.9. The number of hydrogen-bond donors (Lipinski definition) is 4. The highest BCUT2D eigenvalue weighted by atomic mass is 32.2. The fourth-order valence-corrected chi connectivity index (χ4v) is 5.71. The van der Waals surface area contributed by atoms with Crippen LogP contribution in [0.3, 0.4) is 0 Å². The number of aliphatic hydroxyl groups is 2. The van der Waals surface area contributed by atoms with E-state index in [1.165, 1.54) is 49.4 Å². The van der Waals surface area contributed by atoms with Crippen molar-refractivity contribution in [2.24, 2.45) is 0 Å². The first kappa shape index (κ1) is 32.5. The Hall–Kier alpha value is -4.44. The van der Waals surface area contributed by atoms with E-state index in [1.54, 1.807) is 18.2 Å². The lowest BCUT2D eigenvalue weighted by molar-refractivity contribution is -0.139. The quantitative estimate of drug-likeness (QED) is 0.263. The number of ether oxygens (including phenoxy) is 3. The second-order valence-corrected chi connectivity index (χ2v) is 11.8. The number of carboxylic acid groups (broad SMARTS) is 1. The molecule has 0 bridgehead atoms. The van der Waals surface area contributed by atoms with Crippen LogP contribution < -0.4 is 19.1 Å². The molecule has 2 aromatic carbocycles. The first-order chi connectivity index (χ1) is 20.9. The van der Waals surface area contributed by atoms with Crippen LogP contribution in [-0.4, -0.2) is 98.9 Å². The van der Waals surface area contributed by atoms with Gasteiger partial charge in [0, 0.05) is 12.6 Å². The van der Waals surface area contributed by atoms with Crippen molar-refractivity contribution in [2.75, 3.05) is 38.8 Å². The molecule has 0 spiro atoms. The third kappa shape index (κ3) is 6.70. The highest BCUT2D eigenvalue weighted by Gasteiger charge is 2.44. The molecule has 2 aromatic rings. The van der Waals surface area contributed by atoms with E-state index in [9.17, 15) is 33.0 Å². The average molecular weight is 632 g/mol. The Labute approximate surface area is 253 Å². The van der Waals surface area contributed by atoms with Gasteiger partial charge in [-0.2, -0.15) is 0 Å². The van der Waals surface area contributed by atoms with E-state index in [1.807, 2.05) is 0 Å². The number of amides is 2. The van der Waals surface area contributed by atoms with Crippen LogP contribution in [0.5, 0.6) is 11.5 Å². The highest BCUT2D eigenvalue weighted by Crippen LogP contribution is 2.42.